The first-order valence-corrected chi connectivity index (χ1v) is 9.19. The van der Waals surface area contributed by atoms with Gasteiger partial charge in [0.1, 0.15) is 0 Å². The fourth-order valence-electron chi connectivity index (χ4n) is 1.86. The molecule has 6 heteroatoms. The topological polar surface area (TPSA) is 66.4 Å². The molecule has 0 heterocycles. The number of hydrogen-bond donors (Lipinski definition) is 2. The molecule has 1 aromatic carbocycles. The summed E-state index contributed by atoms with van der Waals surface area (Å²) in [5, 5.41) is 3.97. The van der Waals surface area contributed by atoms with Crippen LogP contribution in [0.3, 0.4) is 0 Å². The molecule has 1 atom stereocenters. The molecule has 0 bridgehead atoms. The van der Waals surface area contributed by atoms with E-state index < -0.39 is 10.1 Å². The molecule has 4 nitrogen and oxygen atoms in total. The first-order valence-electron chi connectivity index (χ1n) is 7.20. The summed E-state index contributed by atoms with van der Waals surface area (Å²) in [7, 11) is -3.90. The van der Waals surface area contributed by atoms with E-state index in [1.807, 2.05) is 24.3 Å². The van der Waals surface area contributed by atoms with Gasteiger partial charge in [-0.25, -0.2) is 0 Å². The summed E-state index contributed by atoms with van der Waals surface area (Å²) in [6.45, 7) is 6.82. The lowest BCUT2D eigenvalue weighted by Crippen LogP contribution is -2.23. The van der Waals surface area contributed by atoms with Crippen LogP contribution in [0.5, 0.6) is 0 Å². The largest absolute Gasteiger partial charge is 0.307 e. The van der Waals surface area contributed by atoms with Gasteiger partial charge in [-0.3, -0.25) is 4.55 Å². The van der Waals surface area contributed by atoms with Gasteiger partial charge in [0, 0.05) is 5.02 Å². The maximum atomic E-state index is 10.7. The van der Waals surface area contributed by atoms with E-state index in [9.17, 15) is 8.42 Å². The Morgan fingerprint density at radius 1 is 1.27 bits per heavy atom. The van der Waals surface area contributed by atoms with Crippen molar-refractivity contribution in [2.24, 2.45) is 5.41 Å². The van der Waals surface area contributed by atoms with E-state index in [1.165, 1.54) is 0 Å². The molecule has 0 amide bonds. The molecule has 0 saturated carbocycles. The third-order valence-electron chi connectivity index (χ3n) is 2.96. The van der Waals surface area contributed by atoms with E-state index in [-0.39, 0.29) is 17.2 Å². The van der Waals surface area contributed by atoms with Crippen LogP contribution < -0.4 is 5.32 Å². The lowest BCUT2D eigenvalue weighted by molar-refractivity contribution is 0.478. The molecular formula is C16H24ClNO3S. The first-order chi connectivity index (χ1) is 10.1. The highest BCUT2D eigenvalue weighted by Gasteiger charge is 2.11. The zero-order valence-electron chi connectivity index (χ0n) is 13.2. The fourth-order valence-corrected chi connectivity index (χ4v) is 2.50. The molecule has 0 fully saturated rings. The molecule has 0 spiro atoms. The van der Waals surface area contributed by atoms with Gasteiger partial charge in [-0.15, -0.1) is 0 Å². The van der Waals surface area contributed by atoms with Gasteiger partial charge in [0.2, 0.25) is 0 Å². The van der Waals surface area contributed by atoms with Crippen molar-refractivity contribution in [1.29, 1.82) is 0 Å². The van der Waals surface area contributed by atoms with E-state index >= 15 is 0 Å². The monoisotopic (exact) mass is 345 g/mol. The van der Waals surface area contributed by atoms with E-state index in [2.05, 4.69) is 38.2 Å². The third-order valence-corrected chi connectivity index (χ3v) is 4.02. The number of benzene rings is 1. The molecule has 0 aromatic heterocycles. The Bertz CT molecular complexity index is 589. The highest BCUT2D eigenvalue weighted by molar-refractivity contribution is 7.85. The zero-order chi connectivity index (χ0) is 16.8. The normalized spacial score (nSPS) is 14.4. The Morgan fingerprint density at radius 2 is 1.86 bits per heavy atom. The Morgan fingerprint density at radius 3 is 2.36 bits per heavy atom. The maximum absolute atomic E-state index is 10.7. The van der Waals surface area contributed by atoms with Crippen LogP contribution >= 0.6 is 11.6 Å². The van der Waals surface area contributed by atoms with Crippen molar-refractivity contribution in [3.8, 4) is 0 Å². The second kappa shape index (κ2) is 8.11. The molecule has 2 N–H and O–H groups in total. The Hall–Kier alpha value is -0.880. The van der Waals surface area contributed by atoms with Crippen LogP contribution in [0.25, 0.3) is 0 Å². The predicted molar refractivity (Wildman–Crippen MR) is 91.8 cm³/mol. The van der Waals surface area contributed by atoms with Gasteiger partial charge in [-0.05, 0) is 36.1 Å². The second-order valence-corrected chi connectivity index (χ2v) is 8.36. The molecule has 0 aliphatic rings. The van der Waals surface area contributed by atoms with Crippen LogP contribution in [0.2, 0.25) is 5.02 Å². The molecule has 124 valence electrons. The van der Waals surface area contributed by atoms with Crippen LogP contribution in [0.4, 0.5) is 0 Å². The number of nitrogens with one attached hydrogen (secondary N) is 1. The van der Waals surface area contributed by atoms with Gasteiger partial charge >= 0.3 is 0 Å². The number of halogens is 1. The predicted octanol–water partition coefficient (Wildman–Crippen LogP) is 3.85. The van der Waals surface area contributed by atoms with Crippen LogP contribution in [0.15, 0.2) is 36.4 Å². The van der Waals surface area contributed by atoms with Gasteiger partial charge < -0.3 is 5.32 Å². The SMILES string of the molecule is CC(C)(C)/C=C/[C@H](NCCCS(=O)(=O)O)c1ccc(Cl)cc1. The minimum absolute atomic E-state index is 0.0297. The van der Waals surface area contributed by atoms with Crippen LogP contribution in [-0.4, -0.2) is 25.3 Å². The van der Waals surface area contributed by atoms with Gasteiger partial charge in [-0.2, -0.15) is 8.42 Å². The van der Waals surface area contributed by atoms with Crippen molar-refractivity contribution in [3.05, 3.63) is 47.0 Å². The minimum Gasteiger partial charge on any atom is -0.307 e. The average Bonchev–Trinajstić information content (AvgIpc) is 2.37. The standard InChI is InChI=1S/C16H24ClNO3S/c1-16(2,3)10-9-15(13-5-7-14(17)8-6-13)18-11-4-12-22(19,20)21/h5-10,15,18H,4,11-12H2,1-3H3,(H,19,20,21)/b10-9+/t15-/m0/s1. The fraction of sp³-hybridized carbons (Fsp3) is 0.500. The van der Waals surface area contributed by atoms with Crippen LogP contribution in [-0.2, 0) is 10.1 Å². The summed E-state index contributed by atoms with van der Waals surface area (Å²) in [5.41, 5.74) is 1.11. The Kier molecular flexibility index (Phi) is 7.06. The first kappa shape index (κ1) is 19.2. The minimum atomic E-state index is -3.90. The Balaban J connectivity index is 2.74. The molecule has 0 aliphatic carbocycles. The van der Waals surface area contributed by atoms with Crippen LogP contribution in [0, 0.1) is 5.41 Å². The quantitative estimate of drug-likeness (QED) is 0.447. The number of allylic oxidation sites excluding steroid dienone is 1. The summed E-state index contributed by atoms with van der Waals surface area (Å²) in [5.74, 6) is -0.240. The molecule has 0 unspecified atom stereocenters. The Labute approximate surface area is 138 Å². The number of hydrogen-bond acceptors (Lipinski definition) is 3. The van der Waals surface area contributed by atoms with Crippen molar-refractivity contribution < 1.29 is 13.0 Å². The maximum Gasteiger partial charge on any atom is 0.264 e. The summed E-state index contributed by atoms with van der Waals surface area (Å²) < 4.78 is 30.2. The van der Waals surface area contributed by atoms with Crippen molar-refractivity contribution >= 4 is 21.7 Å². The lowest BCUT2D eigenvalue weighted by Gasteiger charge is -2.18. The zero-order valence-corrected chi connectivity index (χ0v) is 14.8. The summed E-state index contributed by atoms with van der Waals surface area (Å²) >= 11 is 5.91. The van der Waals surface area contributed by atoms with Gasteiger partial charge in [0.05, 0.1) is 11.8 Å². The molecule has 0 aliphatic heterocycles. The summed E-state index contributed by atoms with van der Waals surface area (Å²) in [4.78, 5) is 0. The smallest absolute Gasteiger partial charge is 0.264 e. The van der Waals surface area contributed by atoms with E-state index in [1.54, 1.807) is 0 Å². The summed E-state index contributed by atoms with van der Waals surface area (Å²) in [6.07, 6.45) is 4.53. The third kappa shape index (κ3) is 8.54. The van der Waals surface area contributed by atoms with E-state index in [0.717, 1.165) is 5.56 Å². The van der Waals surface area contributed by atoms with Crippen molar-refractivity contribution in [3.63, 3.8) is 0 Å². The van der Waals surface area contributed by atoms with Crippen molar-refractivity contribution in [2.45, 2.75) is 33.2 Å². The molecular weight excluding hydrogens is 322 g/mol. The van der Waals surface area contributed by atoms with Gasteiger partial charge in [0.15, 0.2) is 0 Å². The molecule has 22 heavy (non-hydrogen) atoms. The summed E-state index contributed by atoms with van der Waals surface area (Å²) in [6, 6.07) is 7.51. The molecule has 0 radical (unpaired) electrons. The molecule has 1 rings (SSSR count). The lowest BCUT2D eigenvalue weighted by atomic mass is 9.94. The van der Waals surface area contributed by atoms with Gasteiger partial charge in [-0.1, -0.05) is 56.7 Å². The molecule has 1 aromatic rings. The number of rotatable bonds is 7. The van der Waals surface area contributed by atoms with E-state index in [0.29, 0.717) is 18.0 Å². The van der Waals surface area contributed by atoms with Gasteiger partial charge in [0.25, 0.3) is 10.1 Å². The highest BCUT2D eigenvalue weighted by atomic mass is 35.5. The van der Waals surface area contributed by atoms with Crippen molar-refractivity contribution in [2.75, 3.05) is 12.3 Å². The van der Waals surface area contributed by atoms with E-state index in [4.69, 9.17) is 16.2 Å². The highest BCUT2D eigenvalue weighted by Crippen LogP contribution is 2.21. The second-order valence-electron chi connectivity index (χ2n) is 6.35. The molecule has 0 saturated heterocycles. The van der Waals surface area contributed by atoms with Crippen LogP contribution in [0.1, 0.15) is 38.8 Å². The van der Waals surface area contributed by atoms with Crippen molar-refractivity contribution in [1.82, 2.24) is 5.32 Å². The average molecular weight is 346 g/mol.